The molecule has 0 aromatic heterocycles. The molecule has 1 aliphatic rings. The summed E-state index contributed by atoms with van der Waals surface area (Å²) < 4.78 is 15.3. The highest BCUT2D eigenvalue weighted by atomic mass is 16.7. The van der Waals surface area contributed by atoms with Gasteiger partial charge < -0.3 is 24.8 Å². The molecular weight excluding hydrogens is 324 g/mol. The molecule has 3 rings (SSSR count). The van der Waals surface area contributed by atoms with Gasteiger partial charge in [0.15, 0.2) is 11.5 Å². The van der Waals surface area contributed by atoms with Crippen molar-refractivity contribution in [3.05, 3.63) is 54.1 Å². The molecule has 0 aliphatic carbocycles. The molecule has 130 valence electrons. The zero-order valence-electron chi connectivity index (χ0n) is 13.7. The van der Waals surface area contributed by atoms with E-state index in [4.69, 9.17) is 14.2 Å². The summed E-state index contributed by atoms with van der Waals surface area (Å²) in [5, 5.41) is 5.31. The van der Waals surface area contributed by atoms with Crippen molar-refractivity contribution in [3.8, 4) is 11.5 Å². The summed E-state index contributed by atoms with van der Waals surface area (Å²) in [5.41, 5.74) is 1.45. The van der Waals surface area contributed by atoms with Crippen LogP contribution in [0, 0.1) is 0 Å². The van der Waals surface area contributed by atoms with E-state index in [0.29, 0.717) is 23.6 Å². The number of carbonyl (C=O) groups is 2. The van der Waals surface area contributed by atoms with Crippen molar-refractivity contribution in [2.75, 3.05) is 19.2 Å². The maximum Gasteiger partial charge on any atom is 0.328 e. The molecule has 1 aliphatic heterocycles. The molecule has 25 heavy (non-hydrogen) atoms. The number of esters is 1. The monoisotopic (exact) mass is 342 g/mol. The summed E-state index contributed by atoms with van der Waals surface area (Å²) >= 11 is 0. The molecule has 1 atom stereocenters. The molecule has 7 heteroatoms. The van der Waals surface area contributed by atoms with Crippen LogP contribution in [0.3, 0.4) is 0 Å². The van der Waals surface area contributed by atoms with Gasteiger partial charge in [-0.05, 0) is 17.7 Å². The van der Waals surface area contributed by atoms with Gasteiger partial charge in [0.25, 0.3) is 0 Å². The first kappa shape index (κ1) is 16.6. The second-order valence-corrected chi connectivity index (χ2v) is 5.43. The first-order valence-corrected chi connectivity index (χ1v) is 7.74. The summed E-state index contributed by atoms with van der Waals surface area (Å²) in [6, 6.07) is 13.2. The van der Waals surface area contributed by atoms with E-state index in [0.717, 1.165) is 5.56 Å². The number of nitrogens with one attached hydrogen (secondary N) is 2. The van der Waals surface area contributed by atoms with Gasteiger partial charge >= 0.3 is 12.0 Å². The third-order valence-electron chi connectivity index (χ3n) is 3.70. The number of carbonyl (C=O) groups excluding carboxylic acids is 2. The quantitative estimate of drug-likeness (QED) is 0.815. The van der Waals surface area contributed by atoms with E-state index in [1.54, 1.807) is 18.2 Å². The summed E-state index contributed by atoms with van der Waals surface area (Å²) in [5.74, 6) is 0.679. The van der Waals surface area contributed by atoms with Crippen LogP contribution in [0.4, 0.5) is 10.5 Å². The third-order valence-corrected chi connectivity index (χ3v) is 3.70. The Morgan fingerprint density at radius 1 is 1.12 bits per heavy atom. The SMILES string of the molecule is COC(=O)[C@H](Cc1ccccc1)NC(=O)Nc1ccc2c(c1)OCO2. The van der Waals surface area contributed by atoms with Crippen LogP contribution in [0.2, 0.25) is 0 Å². The van der Waals surface area contributed by atoms with Crippen LogP contribution in [0.5, 0.6) is 11.5 Å². The third kappa shape index (κ3) is 4.20. The predicted molar refractivity (Wildman–Crippen MR) is 90.7 cm³/mol. The zero-order chi connectivity index (χ0) is 17.6. The highest BCUT2D eigenvalue weighted by Gasteiger charge is 2.22. The Balaban J connectivity index is 1.64. The number of urea groups is 1. The van der Waals surface area contributed by atoms with Crippen molar-refractivity contribution in [1.82, 2.24) is 5.32 Å². The predicted octanol–water partition coefficient (Wildman–Crippen LogP) is 2.32. The number of methoxy groups -OCH3 is 1. The largest absolute Gasteiger partial charge is 0.467 e. The first-order valence-electron chi connectivity index (χ1n) is 7.74. The van der Waals surface area contributed by atoms with Crippen molar-refractivity contribution in [1.29, 1.82) is 0 Å². The molecule has 0 bridgehead atoms. The van der Waals surface area contributed by atoms with Gasteiger partial charge in [-0.1, -0.05) is 30.3 Å². The Bertz CT molecular complexity index is 763. The van der Waals surface area contributed by atoms with Crippen molar-refractivity contribution >= 4 is 17.7 Å². The molecule has 2 N–H and O–H groups in total. The van der Waals surface area contributed by atoms with Gasteiger partial charge in [-0.3, -0.25) is 0 Å². The first-order chi connectivity index (χ1) is 12.2. The normalized spacial score (nSPS) is 13.0. The number of anilines is 1. The van der Waals surface area contributed by atoms with E-state index in [-0.39, 0.29) is 6.79 Å². The van der Waals surface area contributed by atoms with Crippen LogP contribution >= 0.6 is 0 Å². The summed E-state index contributed by atoms with van der Waals surface area (Å²) in [6.45, 7) is 0.159. The smallest absolute Gasteiger partial charge is 0.328 e. The zero-order valence-corrected chi connectivity index (χ0v) is 13.7. The van der Waals surface area contributed by atoms with Crippen LogP contribution in [0.25, 0.3) is 0 Å². The van der Waals surface area contributed by atoms with Gasteiger partial charge in [0.2, 0.25) is 6.79 Å². The fraction of sp³-hybridized carbons (Fsp3) is 0.222. The molecule has 0 unspecified atom stereocenters. The Kier molecular flexibility index (Phi) is 5.03. The Labute approximate surface area is 144 Å². The second-order valence-electron chi connectivity index (χ2n) is 5.43. The summed E-state index contributed by atoms with van der Waals surface area (Å²) in [7, 11) is 1.29. The average molecular weight is 342 g/mol. The van der Waals surface area contributed by atoms with E-state index >= 15 is 0 Å². The molecule has 7 nitrogen and oxygen atoms in total. The van der Waals surface area contributed by atoms with Crippen LogP contribution in [0.15, 0.2) is 48.5 Å². The topological polar surface area (TPSA) is 85.9 Å². The minimum absolute atomic E-state index is 0.159. The second kappa shape index (κ2) is 7.57. The molecule has 2 amide bonds. The molecule has 2 aromatic carbocycles. The molecule has 0 saturated carbocycles. The van der Waals surface area contributed by atoms with Gasteiger partial charge in [0.05, 0.1) is 7.11 Å². The van der Waals surface area contributed by atoms with E-state index < -0.39 is 18.0 Å². The Hall–Kier alpha value is -3.22. The lowest BCUT2D eigenvalue weighted by atomic mass is 10.1. The van der Waals surface area contributed by atoms with Crippen LogP contribution in [0.1, 0.15) is 5.56 Å². The maximum atomic E-state index is 12.2. The molecule has 0 spiro atoms. The molecule has 0 radical (unpaired) electrons. The highest BCUT2D eigenvalue weighted by molar-refractivity contribution is 5.93. The van der Waals surface area contributed by atoms with Crippen molar-refractivity contribution in [2.45, 2.75) is 12.5 Å². The van der Waals surface area contributed by atoms with Gasteiger partial charge in [-0.15, -0.1) is 0 Å². The number of hydrogen-bond donors (Lipinski definition) is 2. The number of amides is 2. The van der Waals surface area contributed by atoms with E-state index in [2.05, 4.69) is 10.6 Å². The minimum Gasteiger partial charge on any atom is -0.467 e. The highest BCUT2D eigenvalue weighted by Crippen LogP contribution is 2.34. The van der Waals surface area contributed by atoms with Crippen molar-refractivity contribution < 1.29 is 23.8 Å². The van der Waals surface area contributed by atoms with Gasteiger partial charge in [-0.2, -0.15) is 0 Å². The van der Waals surface area contributed by atoms with Crippen LogP contribution < -0.4 is 20.1 Å². The maximum absolute atomic E-state index is 12.2. The number of ether oxygens (including phenoxy) is 3. The van der Waals surface area contributed by atoms with Crippen LogP contribution in [-0.4, -0.2) is 31.9 Å². The van der Waals surface area contributed by atoms with Gasteiger partial charge in [0.1, 0.15) is 6.04 Å². The summed E-state index contributed by atoms with van der Waals surface area (Å²) in [4.78, 5) is 24.2. The molecule has 0 fully saturated rings. The molecular formula is C18H18N2O5. The number of fused-ring (bicyclic) bond motifs is 1. The Morgan fingerprint density at radius 3 is 2.64 bits per heavy atom. The Morgan fingerprint density at radius 2 is 1.88 bits per heavy atom. The number of hydrogen-bond acceptors (Lipinski definition) is 5. The van der Waals surface area contributed by atoms with E-state index in [9.17, 15) is 9.59 Å². The standard InChI is InChI=1S/C18H18N2O5/c1-23-17(21)14(9-12-5-3-2-4-6-12)20-18(22)19-13-7-8-15-16(10-13)25-11-24-15/h2-8,10,14H,9,11H2,1H3,(H2,19,20,22)/t14-/m0/s1. The van der Waals surface area contributed by atoms with Crippen LogP contribution in [-0.2, 0) is 16.0 Å². The fourth-order valence-corrected chi connectivity index (χ4v) is 2.49. The van der Waals surface area contributed by atoms with E-state index in [1.807, 2.05) is 30.3 Å². The minimum atomic E-state index is -0.790. The van der Waals surface area contributed by atoms with Crippen molar-refractivity contribution in [2.24, 2.45) is 0 Å². The lowest BCUT2D eigenvalue weighted by Gasteiger charge is -2.17. The van der Waals surface area contributed by atoms with Gasteiger partial charge in [0, 0.05) is 18.2 Å². The number of rotatable bonds is 5. The molecule has 0 saturated heterocycles. The lowest BCUT2D eigenvalue weighted by molar-refractivity contribution is -0.142. The number of benzene rings is 2. The van der Waals surface area contributed by atoms with Crippen molar-refractivity contribution in [3.63, 3.8) is 0 Å². The fourth-order valence-electron chi connectivity index (χ4n) is 2.49. The molecule has 1 heterocycles. The molecule has 2 aromatic rings. The summed E-state index contributed by atoms with van der Waals surface area (Å²) in [6.07, 6.45) is 0.335. The lowest BCUT2D eigenvalue weighted by Crippen LogP contribution is -2.45. The van der Waals surface area contributed by atoms with E-state index in [1.165, 1.54) is 7.11 Å². The van der Waals surface area contributed by atoms with Gasteiger partial charge in [-0.25, -0.2) is 9.59 Å². The average Bonchev–Trinajstić information content (AvgIpc) is 3.09.